The Labute approximate surface area is 412 Å². The molecular formula is C65H48N4S. The van der Waals surface area contributed by atoms with Gasteiger partial charge >= 0.3 is 0 Å². The van der Waals surface area contributed by atoms with Gasteiger partial charge in [-0.2, -0.15) is 0 Å². The van der Waals surface area contributed by atoms with E-state index in [4.69, 9.17) is 0 Å². The Balaban J connectivity index is 1.02. The van der Waals surface area contributed by atoms with Gasteiger partial charge in [-0.15, -0.1) is 0 Å². The highest BCUT2D eigenvalue weighted by molar-refractivity contribution is 7.99. The first kappa shape index (κ1) is 40.8. The number of hydrogen-bond donors (Lipinski definition) is 0. The van der Waals surface area contributed by atoms with Crippen molar-refractivity contribution in [3.63, 3.8) is 0 Å². The first-order chi connectivity index (χ1) is 34.6. The van der Waals surface area contributed by atoms with Crippen molar-refractivity contribution in [3.05, 3.63) is 253 Å². The van der Waals surface area contributed by atoms with Gasteiger partial charge in [0, 0.05) is 101 Å². The number of aryl methyl sites for hydroxylation is 2. The topological polar surface area (TPSA) is 16.3 Å². The molecule has 5 heteroatoms. The van der Waals surface area contributed by atoms with Gasteiger partial charge in [0.25, 0.3) is 0 Å². The zero-order valence-electron chi connectivity index (χ0n) is 39.1. The summed E-state index contributed by atoms with van der Waals surface area (Å²) in [6, 6.07) is 86.3. The van der Waals surface area contributed by atoms with Crippen LogP contribution >= 0.6 is 11.8 Å². The molecule has 0 saturated carbocycles. The summed E-state index contributed by atoms with van der Waals surface area (Å²) in [4.78, 5) is 7.48. The summed E-state index contributed by atoms with van der Waals surface area (Å²) in [5.41, 5.74) is 18.9. The van der Waals surface area contributed by atoms with E-state index in [1.807, 2.05) is 11.8 Å². The highest BCUT2D eigenvalue weighted by Gasteiger charge is 2.51. The summed E-state index contributed by atoms with van der Waals surface area (Å²) in [6.45, 7) is 6.29. The van der Waals surface area contributed by atoms with E-state index >= 15 is 0 Å². The molecule has 0 unspecified atom stereocenters. The molecule has 0 fully saturated rings. The summed E-state index contributed by atoms with van der Waals surface area (Å²) in [7, 11) is 0. The zero-order chi connectivity index (χ0) is 46.5. The highest BCUT2D eigenvalue weighted by Crippen LogP contribution is 2.63. The monoisotopic (exact) mass is 916 g/mol. The Morgan fingerprint density at radius 3 is 1.16 bits per heavy atom. The van der Waals surface area contributed by atoms with Crippen LogP contribution in [0.25, 0.3) is 54.7 Å². The lowest BCUT2D eigenvalue weighted by Crippen LogP contribution is -2.32. The fourth-order valence-corrected chi connectivity index (χ4v) is 13.4. The van der Waals surface area contributed by atoms with E-state index in [9.17, 15) is 0 Å². The molecule has 0 atom stereocenters. The average molecular weight is 917 g/mol. The predicted molar refractivity (Wildman–Crippen MR) is 295 cm³/mol. The molecule has 2 aromatic heterocycles. The number of anilines is 6. The van der Waals surface area contributed by atoms with Crippen LogP contribution in [-0.4, -0.2) is 9.13 Å². The molecule has 0 amide bonds. The van der Waals surface area contributed by atoms with Crippen molar-refractivity contribution in [2.45, 2.75) is 42.1 Å². The molecule has 2 aliphatic rings. The Morgan fingerprint density at radius 1 is 0.329 bits per heavy atom. The van der Waals surface area contributed by atoms with E-state index in [0.29, 0.717) is 0 Å². The molecule has 70 heavy (non-hydrogen) atoms. The van der Waals surface area contributed by atoms with E-state index in [1.54, 1.807) is 0 Å². The lowest BCUT2D eigenvalue weighted by Gasteiger charge is -2.40. The van der Waals surface area contributed by atoms with Crippen LogP contribution in [0.2, 0.25) is 0 Å². The summed E-state index contributed by atoms with van der Waals surface area (Å²) in [6.07, 6.45) is 0. The van der Waals surface area contributed by atoms with Gasteiger partial charge in [0.05, 0.1) is 5.41 Å². The quantitative estimate of drug-likeness (QED) is 0.151. The molecule has 3 heterocycles. The van der Waals surface area contributed by atoms with Crippen molar-refractivity contribution in [3.8, 4) is 11.1 Å². The van der Waals surface area contributed by atoms with Gasteiger partial charge in [-0.05, 0) is 156 Å². The number of hydrogen-bond acceptors (Lipinski definition) is 3. The number of para-hydroxylation sites is 4. The van der Waals surface area contributed by atoms with Crippen LogP contribution in [0.4, 0.5) is 34.1 Å². The smallest absolute Gasteiger partial charge is 0.0736 e. The predicted octanol–water partition coefficient (Wildman–Crippen LogP) is 17.7. The van der Waals surface area contributed by atoms with Gasteiger partial charge < -0.3 is 18.9 Å². The average Bonchev–Trinajstić information content (AvgIpc) is 4.02. The van der Waals surface area contributed by atoms with Crippen molar-refractivity contribution < 1.29 is 0 Å². The maximum atomic E-state index is 2.51. The lowest BCUT2D eigenvalue weighted by molar-refractivity contribution is 0.722. The molecule has 0 saturated heterocycles. The number of nitrogens with zero attached hydrogens (tertiary/aromatic N) is 4. The van der Waals surface area contributed by atoms with Gasteiger partial charge in [-0.3, -0.25) is 0 Å². The zero-order valence-corrected chi connectivity index (χ0v) is 39.9. The van der Waals surface area contributed by atoms with Gasteiger partial charge in [-0.25, -0.2) is 0 Å². The minimum atomic E-state index is -0.614. The Bertz CT molecular complexity index is 3770. The Kier molecular flexibility index (Phi) is 9.27. The number of benzene rings is 10. The van der Waals surface area contributed by atoms with Gasteiger partial charge in [-0.1, -0.05) is 133 Å². The van der Waals surface area contributed by atoms with Crippen molar-refractivity contribution >= 4 is 89.5 Å². The number of fused-ring (bicyclic) bond motifs is 15. The van der Waals surface area contributed by atoms with Crippen LogP contribution in [0.3, 0.4) is 0 Å². The standard InChI is InChI=1S/C65H48N4S/c1-3-66-59-27-15-11-23-51(59)53-39-45(33-37-61(53)66)68(43-19-7-5-8-20-43)47-31-35-49-50-36-32-48(42-58(50)65(57(49)41-47)55-25-13-17-29-63(55)70-64-30-18-14-26-56(64)65)69(44-21-9-6-10-22-44)46-34-38-62-54(40-46)52-24-12-16-28-60(52)67(62)4-2/h5-42H,3-4H2,1-2H3. The van der Waals surface area contributed by atoms with E-state index in [1.165, 1.54) is 86.8 Å². The normalized spacial score (nSPS) is 13.2. The van der Waals surface area contributed by atoms with Crippen molar-refractivity contribution in [1.29, 1.82) is 0 Å². The molecule has 0 bridgehead atoms. The fraction of sp³-hybridized carbons (Fsp3) is 0.0769. The van der Waals surface area contributed by atoms with Gasteiger partial charge in [0.1, 0.15) is 0 Å². The third-order valence-electron chi connectivity index (χ3n) is 15.1. The molecule has 12 aromatic rings. The summed E-state index contributed by atoms with van der Waals surface area (Å²) >= 11 is 1.89. The van der Waals surface area contributed by atoms with Gasteiger partial charge in [0.2, 0.25) is 0 Å². The Morgan fingerprint density at radius 2 is 0.700 bits per heavy atom. The minimum Gasteiger partial charge on any atom is -0.341 e. The molecular weight excluding hydrogens is 869 g/mol. The second-order valence-corrected chi connectivity index (χ2v) is 19.7. The van der Waals surface area contributed by atoms with E-state index in [-0.39, 0.29) is 0 Å². The van der Waals surface area contributed by atoms with Crippen molar-refractivity contribution in [1.82, 2.24) is 9.13 Å². The van der Waals surface area contributed by atoms with Crippen molar-refractivity contribution in [2.24, 2.45) is 0 Å². The van der Waals surface area contributed by atoms with Crippen LogP contribution < -0.4 is 9.80 Å². The third-order valence-corrected chi connectivity index (χ3v) is 16.3. The molecule has 10 aromatic carbocycles. The van der Waals surface area contributed by atoms with Crippen LogP contribution in [0.15, 0.2) is 240 Å². The SMILES string of the molecule is CCn1c2ccccc2c2cc(N(c3ccccc3)c3ccc4c(c3)C3(c5ccccc5Sc5ccccc53)c3cc(N(c5ccccc5)c5ccc6c(c5)c5ccccc5n6CC)ccc3-4)ccc21. The molecule has 1 spiro atoms. The lowest BCUT2D eigenvalue weighted by atomic mass is 9.67. The number of aromatic nitrogens is 2. The summed E-state index contributed by atoms with van der Waals surface area (Å²) < 4.78 is 4.87. The molecule has 1 aliphatic carbocycles. The molecule has 0 N–H and O–H groups in total. The molecule has 14 rings (SSSR count). The molecule has 4 nitrogen and oxygen atoms in total. The fourth-order valence-electron chi connectivity index (χ4n) is 12.2. The molecule has 0 radical (unpaired) electrons. The first-order valence-corrected chi connectivity index (χ1v) is 25.3. The maximum absolute atomic E-state index is 2.51. The maximum Gasteiger partial charge on any atom is 0.0736 e. The summed E-state index contributed by atoms with van der Waals surface area (Å²) in [5, 5.41) is 5.08. The second-order valence-electron chi connectivity index (χ2n) is 18.6. The number of rotatable bonds is 8. The summed E-state index contributed by atoms with van der Waals surface area (Å²) in [5.74, 6) is 0. The van der Waals surface area contributed by atoms with E-state index in [0.717, 1.165) is 47.2 Å². The highest BCUT2D eigenvalue weighted by atomic mass is 32.2. The minimum absolute atomic E-state index is 0.614. The van der Waals surface area contributed by atoms with Gasteiger partial charge in [0.15, 0.2) is 0 Å². The first-order valence-electron chi connectivity index (χ1n) is 24.5. The third kappa shape index (κ3) is 5.85. The van der Waals surface area contributed by atoms with Crippen molar-refractivity contribution in [2.75, 3.05) is 9.80 Å². The van der Waals surface area contributed by atoms with E-state index < -0.39 is 5.41 Å². The second kappa shape index (κ2) is 15.9. The van der Waals surface area contributed by atoms with Crippen LogP contribution in [0.5, 0.6) is 0 Å². The molecule has 1 aliphatic heterocycles. The molecule has 334 valence electrons. The Hall–Kier alpha value is -8.25. The van der Waals surface area contributed by atoms with Crippen LogP contribution in [0.1, 0.15) is 36.1 Å². The van der Waals surface area contributed by atoms with E-state index in [2.05, 4.69) is 263 Å². The largest absolute Gasteiger partial charge is 0.341 e. The van der Waals surface area contributed by atoms with Crippen LogP contribution in [0, 0.1) is 0 Å². The van der Waals surface area contributed by atoms with Crippen LogP contribution in [-0.2, 0) is 18.5 Å².